The summed E-state index contributed by atoms with van der Waals surface area (Å²) in [5, 5.41) is 17.5. The largest absolute Gasteiger partial charge is 0.486 e. The summed E-state index contributed by atoms with van der Waals surface area (Å²) in [6.07, 6.45) is 0.386. The number of hydrogen-bond donors (Lipinski definition) is 1. The van der Waals surface area contributed by atoms with Gasteiger partial charge in [0.2, 0.25) is 0 Å². The molecule has 1 aromatic heterocycles. The quantitative estimate of drug-likeness (QED) is 0.826. The van der Waals surface area contributed by atoms with E-state index in [-0.39, 0.29) is 17.8 Å². The van der Waals surface area contributed by atoms with Crippen molar-refractivity contribution in [2.45, 2.75) is 19.1 Å². The van der Waals surface area contributed by atoms with Gasteiger partial charge >= 0.3 is 6.09 Å². The van der Waals surface area contributed by atoms with E-state index in [1.165, 1.54) is 17.2 Å². The number of rotatable bonds is 2. The highest BCUT2D eigenvalue weighted by molar-refractivity contribution is 5.66. The van der Waals surface area contributed by atoms with Gasteiger partial charge in [-0.05, 0) is 13.0 Å². The third kappa shape index (κ3) is 2.13. The summed E-state index contributed by atoms with van der Waals surface area (Å²) >= 11 is 0. The number of pyridine rings is 1. The first-order valence-corrected chi connectivity index (χ1v) is 5.14. The molecule has 1 aliphatic heterocycles. The van der Waals surface area contributed by atoms with Crippen LogP contribution in [0.15, 0.2) is 18.3 Å². The fraction of sp³-hybridized carbons (Fsp3) is 0.364. The number of carboxylic acid groups (broad SMARTS) is 1. The lowest BCUT2D eigenvalue weighted by Crippen LogP contribution is -2.62. The van der Waals surface area contributed by atoms with E-state index in [4.69, 9.17) is 15.1 Å². The summed E-state index contributed by atoms with van der Waals surface area (Å²) in [5.74, 6) is 0.540. The van der Waals surface area contributed by atoms with Gasteiger partial charge in [-0.3, -0.25) is 4.90 Å². The van der Waals surface area contributed by atoms with Crippen LogP contribution in [0.5, 0.6) is 5.75 Å². The summed E-state index contributed by atoms with van der Waals surface area (Å²) in [5.41, 5.74) is 0.282. The monoisotopic (exact) mass is 233 g/mol. The van der Waals surface area contributed by atoms with E-state index in [9.17, 15) is 4.79 Å². The SMILES string of the molecule is C[C@@H]1[C@H](Oc2ccnc(C#N)c2)CN1C(=O)O. The molecule has 17 heavy (non-hydrogen) atoms. The lowest BCUT2D eigenvalue weighted by atomic mass is 10.0. The van der Waals surface area contributed by atoms with Gasteiger partial charge in [0, 0.05) is 12.3 Å². The Labute approximate surface area is 98.1 Å². The molecular weight excluding hydrogens is 222 g/mol. The van der Waals surface area contributed by atoms with Crippen LogP contribution in [-0.4, -0.2) is 39.8 Å². The molecule has 0 radical (unpaired) electrons. The molecule has 6 nitrogen and oxygen atoms in total. The number of aromatic nitrogens is 1. The fourth-order valence-corrected chi connectivity index (χ4v) is 1.68. The molecule has 0 saturated carbocycles. The van der Waals surface area contributed by atoms with Crippen LogP contribution >= 0.6 is 0 Å². The molecule has 1 N–H and O–H groups in total. The Morgan fingerprint density at radius 3 is 3.12 bits per heavy atom. The van der Waals surface area contributed by atoms with Gasteiger partial charge in [-0.1, -0.05) is 0 Å². The maximum absolute atomic E-state index is 10.7. The maximum atomic E-state index is 10.7. The second-order valence-corrected chi connectivity index (χ2v) is 3.82. The van der Waals surface area contributed by atoms with Crippen LogP contribution in [0.25, 0.3) is 0 Å². The zero-order valence-corrected chi connectivity index (χ0v) is 9.20. The molecule has 1 aliphatic rings. The molecule has 1 fully saturated rings. The number of likely N-dealkylation sites (tertiary alicyclic amines) is 1. The minimum Gasteiger partial charge on any atom is -0.486 e. The molecule has 1 saturated heterocycles. The first-order valence-electron chi connectivity index (χ1n) is 5.14. The van der Waals surface area contributed by atoms with Crippen molar-refractivity contribution in [3.63, 3.8) is 0 Å². The molecule has 88 valence electrons. The third-order valence-electron chi connectivity index (χ3n) is 2.79. The highest BCUT2D eigenvalue weighted by atomic mass is 16.5. The minimum absolute atomic E-state index is 0.167. The van der Waals surface area contributed by atoms with E-state index < -0.39 is 6.09 Å². The van der Waals surface area contributed by atoms with Crippen LogP contribution in [0.3, 0.4) is 0 Å². The molecule has 2 rings (SSSR count). The molecule has 1 amide bonds. The van der Waals surface area contributed by atoms with E-state index in [2.05, 4.69) is 4.98 Å². The predicted molar refractivity (Wildman–Crippen MR) is 57.6 cm³/mol. The van der Waals surface area contributed by atoms with Gasteiger partial charge in [-0.2, -0.15) is 5.26 Å². The molecule has 6 heteroatoms. The third-order valence-corrected chi connectivity index (χ3v) is 2.79. The van der Waals surface area contributed by atoms with E-state index in [0.29, 0.717) is 12.3 Å². The van der Waals surface area contributed by atoms with Gasteiger partial charge in [0.15, 0.2) is 0 Å². The topological polar surface area (TPSA) is 86.5 Å². The van der Waals surface area contributed by atoms with Gasteiger partial charge in [0.1, 0.15) is 23.6 Å². The predicted octanol–water partition coefficient (Wildman–Crippen LogP) is 1.08. The Hall–Kier alpha value is -2.29. The first-order chi connectivity index (χ1) is 8.11. The molecule has 0 aliphatic carbocycles. The number of carbonyl (C=O) groups is 1. The lowest BCUT2D eigenvalue weighted by Gasteiger charge is -2.43. The Kier molecular flexibility index (Phi) is 2.83. The van der Waals surface area contributed by atoms with Crippen LogP contribution in [-0.2, 0) is 0 Å². The summed E-state index contributed by atoms with van der Waals surface area (Å²) in [6, 6.07) is 4.93. The van der Waals surface area contributed by atoms with Crippen LogP contribution in [0.1, 0.15) is 12.6 Å². The first kappa shape index (κ1) is 11.2. The van der Waals surface area contributed by atoms with Gasteiger partial charge < -0.3 is 9.84 Å². The second kappa shape index (κ2) is 4.29. The van der Waals surface area contributed by atoms with Gasteiger partial charge in [-0.15, -0.1) is 0 Å². The summed E-state index contributed by atoms with van der Waals surface area (Å²) < 4.78 is 5.59. The number of ether oxygens (including phenoxy) is 1. The standard InChI is InChI=1S/C11H11N3O3/c1-7-10(6-14(7)11(15)16)17-9-2-3-13-8(4-9)5-12/h2-4,7,10H,6H2,1H3,(H,15,16)/t7-,10-/m1/s1. The van der Waals surface area contributed by atoms with Crippen LogP contribution in [0, 0.1) is 11.3 Å². The number of hydrogen-bond acceptors (Lipinski definition) is 4. The van der Waals surface area contributed by atoms with Crippen LogP contribution in [0.4, 0.5) is 4.79 Å². The van der Waals surface area contributed by atoms with Crippen LogP contribution in [0.2, 0.25) is 0 Å². The molecule has 0 spiro atoms. The zero-order valence-electron chi connectivity index (χ0n) is 9.20. The van der Waals surface area contributed by atoms with Crippen LogP contribution < -0.4 is 4.74 Å². The van der Waals surface area contributed by atoms with Crippen molar-refractivity contribution < 1.29 is 14.6 Å². The molecule has 0 bridgehead atoms. The Morgan fingerprint density at radius 2 is 2.53 bits per heavy atom. The normalized spacial score (nSPS) is 22.5. The average Bonchev–Trinajstić information content (AvgIpc) is 2.33. The second-order valence-electron chi connectivity index (χ2n) is 3.82. The van der Waals surface area contributed by atoms with Crippen molar-refractivity contribution in [1.29, 1.82) is 5.26 Å². The molecule has 1 aromatic rings. The maximum Gasteiger partial charge on any atom is 0.407 e. The Balaban J connectivity index is 1.99. The van der Waals surface area contributed by atoms with Crippen molar-refractivity contribution in [3.05, 3.63) is 24.0 Å². The van der Waals surface area contributed by atoms with E-state index in [1.807, 2.05) is 6.07 Å². The molecule has 0 aromatic carbocycles. The lowest BCUT2D eigenvalue weighted by molar-refractivity contribution is -0.0225. The number of nitriles is 1. The van der Waals surface area contributed by atoms with Crippen molar-refractivity contribution in [2.24, 2.45) is 0 Å². The van der Waals surface area contributed by atoms with Gasteiger partial charge in [-0.25, -0.2) is 9.78 Å². The van der Waals surface area contributed by atoms with Crippen molar-refractivity contribution in [1.82, 2.24) is 9.88 Å². The smallest absolute Gasteiger partial charge is 0.407 e. The van der Waals surface area contributed by atoms with E-state index in [0.717, 1.165) is 0 Å². The van der Waals surface area contributed by atoms with Crippen molar-refractivity contribution >= 4 is 6.09 Å². The number of amides is 1. The Bertz CT molecular complexity index is 483. The molecule has 2 heterocycles. The van der Waals surface area contributed by atoms with Gasteiger partial charge in [0.25, 0.3) is 0 Å². The van der Waals surface area contributed by atoms with E-state index >= 15 is 0 Å². The number of nitrogens with zero attached hydrogens (tertiary/aromatic N) is 3. The molecule has 2 atom stereocenters. The molecule has 0 unspecified atom stereocenters. The highest BCUT2D eigenvalue weighted by Crippen LogP contribution is 2.23. The summed E-state index contributed by atoms with van der Waals surface area (Å²) in [7, 11) is 0. The van der Waals surface area contributed by atoms with E-state index in [1.54, 1.807) is 13.0 Å². The Morgan fingerprint density at radius 1 is 1.76 bits per heavy atom. The van der Waals surface area contributed by atoms with Crippen molar-refractivity contribution in [3.8, 4) is 11.8 Å². The van der Waals surface area contributed by atoms with Gasteiger partial charge in [0.05, 0.1) is 12.6 Å². The van der Waals surface area contributed by atoms with Crippen molar-refractivity contribution in [2.75, 3.05) is 6.54 Å². The zero-order chi connectivity index (χ0) is 12.4. The summed E-state index contributed by atoms with van der Waals surface area (Å²) in [4.78, 5) is 15.8. The highest BCUT2D eigenvalue weighted by Gasteiger charge is 2.40. The average molecular weight is 233 g/mol. The minimum atomic E-state index is -0.940. The summed E-state index contributed by atoms with van der Waals surface area (Å²) in [6.45, 7) is 2.13. The fourth-order valence-electron chi connectivity index (χ4n) is 1.68. The molecular formula is C11H11N3O3.